The monoisotopic (exact) mass is 402 g/mol. The normalized spacial score (nSPS) is 10.9. The third kappa shape index (κ3) is 3.67. The molecule has 0 unspecified atom stereocenters. The lowest BCUT2D eigenvalue weighted by atomic mass is 10.1. The summed E-state index contributed by atoms with van der Waals surface area (Å²) in [5.41, 5.74) is 2.41. The van der Waals surface area contributed by atoms with Crippen LogP contribution in [0.2, 0.25) is 0 Å². The zero-order chi connectivity index (χ0) is 20.4. The Balaban J connectivity index is 1.72. The third-order valence-corrected chi connectivity index (χ3v) is 5.63. The van der Waals surface area contributed by atoms with Gasteiger partial charge in [0, 0.05) is 11.5 Å². The van der Waals surface area contributed by atoms with Crippen molar-refractivity contribution in [3.8, 4) is 11.8 Å². The van der Waals surface area contributed by atoms with Gasteiger partial charge >= 0.3 is 0 Å². The van der Waals surface area contributed by atoms with Crippen LogP contribution in [-0.4, -0.2) is 21.6 Å². The zero-order valence-corrected chi connectivity index (χ0v) is 16.9. The minimum Gasteiger partial charge on any atom is -0.497 e. The molecule has 2 aromatic carbocycles. The molecule has 0 aliphatic carbocycles. The van der Waals surface area contributed by atoms with E-state index in [2.05, 4.69) is 11.1 Å². The Morgan fingerprint density at radius 2 is 1.93 bits per heavy atom. The molecule has 0 N–H and O–H groups in total. The number of rotatable bonds is 5. The number of aromatic nitrogens is 3. The van der Waals surface area contributed by atoms with E-state index in [0.717, 1.165) is 27.2 Å². The Labute approximate surface area is 171 Å². The minimum atomic E-state index is -0.194. The van der Waals surface area contributed by atoms with Gasteiger partial charge in [0.1, 0.15) is 18.1 Å². The lowest BCUT2D eigenvalue weighted by Gasteiger charge is -2.11. The third-order valence-electron chi connectivity index (χ3n) is 4.72. The first-order valence-corrected chi connectivity index (χ1v) is 10.0. The number of fused-ring (bicyclic) bond motifs is 2. The molecule has 4 rings (SSSR count). The molecular weight excluding hydrogens is 384 g/mol. The lowest BCUT2D eigenvalue weighted by Crippen LogP contribution is -2.24. The fourth-order valence-electron chi connectivity index (χ4n) is 3.25. The number of thioether (sulfide) groups is 1. The Hall–Kier alpha value is -3.37. The van der Waals surface area contributed by atoms with Crippen molar-refractivity contribution in [3.63, 3.8) is 0 Å². The summed E-state index contributed by atoms with van der Waals surface area (Å²) in [5, 5.41) is 11.6. The summed E-state index contributed by atoms with van der Waals surface area (Å²) in [4.78, 5) is 22.1. The molecule has 2 aromatic heterocycles. The van der Waals surface area contributed by atoms with Crippen molar-refractivity contribution in [2.24, 2.45) is 0 Å². The van der Waals surface area contributed by atoms with Gasteiger partial charge in [0.2, 0.25) is 0 Å². The summed E-state index contributed by atoms with van der Waals surface area (Å²) in [7, 11) is 1.63. The summed E-state index contributed by atoms with van der Waals surface area (Å²) in [6.07, 6.45) is 0. The maximum atomic E-state index is 12.8. The van der Waals surface area contributed by atoms with Crippen molar-refractivity contribution in [2.45, 2.75) is 24.2 Å². The van der Waals surface area contributed by atoms with E-state index in [4.69, 9.17) is 15.0 Å². The van der Waals surface area contributed by atoms with Gasteiger partial charge < -0.3 is 4.74 Å². The number of hydrogen-bond acceptors (Lipinski definition) is 6. The summed E-state index contributed by atoms with van der Waals surface area (Å²) >= 11 is 1.49. The second-order valence-electron chi connectivity index (χ2n) is 6.54. The molecule has 0 spiro atoms. The summed E-state index contributed by atoms with van der Waals surface area (Å²) in [6, 6.07) is 17.1. The highest BCUT2D eigenvalue weighted by Gasteiger charge is 2.12. The second kappa shape index (κ2) is 7.94. The molecule has 4 aromatic rings. The maximum Gasteiger partial charge on any atom is 0.262 e. The van der Waals surface area contributed by atoms with Crippen LogP contribution in [0.1, 0.15) is 11.4 Å². The first-order chi connectivity index (χ1) is 14.1. The van der Waals surface area contributed by atoms with Crippen LogP contribution >= 0.6 is 11.8 Å². The van der Waals surface area contributed by atoms with E-state index < -0.39 is 0 Å². The number of nitriles is 1. The topological polar surface area (TPSA) is 80.8 Å². The molecule has 0 aliphatic rings. The van der Waals surface area contributed by atoms with Crippen LogP contribution in [0, 0.1) is 18.3 Å². The standard InChI is InChI=1S/C22H18N4O2S/c1-14-11-21(25-19-12-15(28-2)7-8-16(14)19)29-13-20-24-18-6-4-3-5-17(18)22(27)26(20)10-9-23/h3-8,11-12H,10,13H2,1-2H3. The van der Waals surface area contributed by atoms with Crippen molar-refractivity contribution in [1.82, 2.24) is 14.5 Å². The first kappa shape index (κ1) is 19.0. The van der Waals surface area contributed by atoms with Gasteiger partial charge in [0.15, 0.2) is 0 Å². The number of aryl methyl sites for hydroxylation is 1. The van der Waals surface area contributed by atoms with Crippen molar-refractivity contribution in [3.05, 3.63) is 70.3 Å². The Morgan fingerprint density at radius 3 is 2.72 bits per heavy atom. The molecule has 0 radical (unpaired) electrons. The van der Waals surface area contributed by atoms with Crippen LogP contribution in [0.15, 0.2) is 58.4 Å². The first-order valence-electron chi connectivity index (χ1n) is 9.04. The van der Waals surface area contributed by atoms with Crippen LogP contribution in [0.4, 0.5) is 0 Å². The van der Waals surface area contributed by atoms with Crippen LogP contribution in [0.3, 0.4) is 0 Å². The van der Waals surface area contributed by atoms with Crippen LogP contribution in [-0.2, 0) is 12.3 Å². The zero-order valence-electron chi connectivity index (χ0n) is 16.0. The lowest BCUT2D eigenvalue weighted by molar-refractivity contribution is 0.415. The van der Waals surface area contributed by atoms with Crippen molar-refractivity contribution in [1.29, 1.82) is 5.26 Å². The highest BCUT2D eigenvalue weighted by Crippen LogP contribution is 2.28. The average Bonchev–Trinajstić information content (AvgIpc) is 2.74. The van der Waals surface area contributed by atoms with Crippen LogP contribution in [0.5, 0.6) is 5.75 Å². The van der Waals surface area contributed by atoms with Gasteiger partial charge in [-0.05, 0) is 42.8 Å². The molecule has 0 bridgehead atoms. The van der Waals surface area contributed by atoms with Crippen LogP contribution in [0.25, 0.3) is 21.8 Å². The van der Waals surface area contributed by atoms with Crippen LogP contribution < -0.4 is 10.3 Å². The molecule has 0 fully saturated rings. The van der Waals surface area contributed by atoms with E-state index >= 15 is 0 Å². The molecule has 29 heavy (non-hydrogen) atoms. The predicted molar refractivity (Wildman–Crippen MR) is 114 cm³/mol. The smallest absolute Gasteiger partial charge is 0.262 e. The second-order valence-corrected chi connectivity index (χ2v) is 7.54. The molecule has 144 valence electrons. The number of ether oxygens (including phenoxy) is 1. The Kier molecular flexibility index (Phi) is 5.19. The average molecular weight is 402 g/mol. The van der Waals surface area contributed by atoms with E-state index in [1.165, 1.54) is 16.3 Å². The summed E-state index contributed by atoms with van der Waals surface area (Å²) in [6.45, 7) is 2.01. The molecule has 0 saturated heterocycles. The van der Waals surface area contributed by atoms with E-state index in [-0.39, 0.29) is 12.1 Å². The highest BCUT2D eigenvalue weighted by molar-refractivity contribution is 7.98. The minimum absolute atomic E-state index is 0.0338. The molecule has 7 heteroatoms. The number of pyridine rings is 1. The number of nitrogens with zero attached hydrogens (tertiary/aromatic N) is 4. The molecule has 2 heterocycles. The van der Waals surface area contributed by atoms with Gasteiger partial charge in [0.05, 0.1) is 40.4 Å². The Morgan fingerprint density at radius 1 is 1.10 bits per heavy atom. The van der Waals surface area contributed by atoms with Gasteiger partial charge in [-0.15, -0.1) is 0 Å². The highest BCUT2D eigenvalue weighted by atomic mass is 32.2. The molecule has 0 amide bonds. The van der Waals surface area contributed by atoms with E-state index in [1.54, 1.807) is 19.2 Å². The molecule has 6 nitrogen and oxygen atoms in total. The maximum absolute atomic E-state index is 12.8. The van der Waals surface area contributed by atoms with Gasteiger partial charge in [0.25, 0.3) is 5.56 Å². The van der Waals surface area contributed by atoms with Crippen molar-refractivity contribution < 1.29 is 4.74 Å². The quantitative estimate of drug-likeness (QED) is 0.468. The fraction of sp³-hybridized carbons (Fsp3) is 0.182. The van der Waals surface area contributed by atoms with Crippen molar-refractivity contribution >= 4 is 33.6 Å². The number of benzene rings is 2. The summed E-state index contributed by atoms with van der Waals surface area (Å²) in [5.74, 6) is 1.75. The SMILES string of the molecule is COc1ccc2c(C)cc(SCc3nc4ccccc4c(=O)n3CC#N)nc2c1. The fourth-order valence-corrected chi connectivity index (χ4v) is 4.17. The van der Waals surface area contributed by atoms with Gasteiger partial charge in [-0.3, -0.25) is 9.36 Å². The van der Waals surface area contributed by atoms with E-state index in [9.17, 15) is 4.79 Å². The molecular formula is C22H18N4O2S. The molecule has 0 saturated carbocycles. The van der Waals surface area contributed by atoms with Gasteiger partial charge in [-0.25, -0.2) is 9.97 Å². The largest absolute Gasteiger partial charge is 0.497 e. The van der Waals surface area contributed by atoms with E-state index in [0.29, 0.717) is 22.5 Å². The van der Waals surface area contributed by atoms with Crippen molar-refractivity contribution in [2.75, 3.05) is 7.11 Å². The van der Waals surface area contributed by atoms with Gasteiger partial charge in [-0.1, -0.05) is 23.9 Å². The number of para-hydroxylation sites is 1. The van der Waals surface area contributed by atoms with E-state index in [1.807, 2.05) is 43.3 Å². The molecule has 0 aliphatic heterocycles. The van der Waals surface area contributed by atoms with Gasteiger partial charge in [-0.2, -0.15) is 5.26 Å². The summed E-state index contributed by atoms with van der Waals surface area (Å²) < 4.78 is 6.74. The molecule has 0 atom stereocenters. The number of hydrogen-bond donors (Lipinski definition) is 0. The number of methoxy groups -OCH3 is 1. The Bertz CT molecular complexity index is 1320. The predicted octanol–water partition coefficient (Wildman–Crippen LogP) is 4.08.